The molecule has 0 bridgehead atoms. The molecule has 0 radical (unpaired) electrons. The number of carbonyl (C=O) groups is 4. The number of thioether (sulfide) groups is 1. The van der Waals surface area contributed by atoms with Crippen molar-refractivity contribution < 1.29 is 24.3 Å². The van der Waals surface area contributed by atoms with Crippen LogP contribution in [0.25, 0.3) is 0 Å². The summed E-state index contributed by atoms with van der Waals surface area (Å²) < 4.78 is 0. The molecule has 0 aliphatic carbocycles. The maximum atomic E-state index is 12.6. The molecule has 8 nitrogen and oxygen atoms in total. The predicted octanol–water partition coefficient (Wildman–Crippen LogP) is 0.0795. The summed E-state index contributed by atoms with van der Waals surface area (Å²) in [5.41, 5.74) is 0. The van der Waals surface area contributed by atoms with Gasteiger partial charge in [-0.25, -0.2) is 0 Å². The van der Waals surface area contributed by atoms with Crippen molar-refractivity contribution in [3.63, 3.8) is 0 Å². The van der Waals surface area contributed by atoms with E-state index in [0.717, 1.165) is 0 Å². The van der Waals surface area contributed by atoms with Gasteiger partial charge in [-0.15, -0.1) is 11.8 Å². The van der Waals surface area contributed by atoms with Gasteiger partial charge >= 0.3 is 5.97 Å². The standard InChI is InChI=1S/C16H25N3O5S/c1-3-13(20)19-10-25-9-12(19)15(22)17(2)8-14(21)18-6-4-11(5-7-18)16(23)24/h11-12H,3-10H2,1-2H3,(H,23,24). The minimum absolute atomic E-state index is 0.0497. The molecule has 140 valence electrons. The molecule has 25 heavy (non-hydrogen) atoms. The molecule has 0 spiro atoms. The van der Waals surface area contributed by atoms with E-state index in [1.54, 1.807) is 23.8 Å². The SMILES string of the molecule is CCC(=O)N1CSCC1C(=O)N(C)CC(=O)N1CCC(C(=O)O)CC1. The normalized spacial score (nSPS) is 21.3. The second kappa shape index (κ2) is 8.55. The zero-order valence-electron chi connectivity index (χ0n) is 14.6. The molecule has 2 heterocycles. The van der Waals surface area contributed by atoms with Crippen LogP contribution in [0.2, 0.25) is 0 Å². The van der Waals surface area contributed by atoms with Crippen LogP contribution in [0.15, 0.2) is 0 Å². The molecule has 3 amide bonds. The zero-order valence-corrected chi connectivity index (χ0v) is 15.5. The van der Waals surface area contributed by atoms with Crippen molar-refractivity contribution in [1.82, 2.24) is 14.7 Å². The van der Waals surface area contributed by atoms with Gasteiger partial charge in [-0.1, -0.05) is 6.92 Å². The molecule has 0 saturated carbocycles. The molecule has 0 aromatic heterocycles. The van der Waals surface area contributed by atoms with Gasteiger partial charge in [-0.2, -0.15) is 0 Å². The quantitative estimate of drug-likeness (QED) is 0.735. The second-order valence-electron chi connectivity index (χ2n) is 6.42. The van der Waals surface area contributed by atoms with Crippen molar-refractivity contribution in [2.24, 2.45) is 5.92 Å². The Morgan fingerprint density at radius 1 is 1.16 bits per heavy atom. The van der Waals surface area contributed by atoms with Crippen LogP contribution >= 0.6 is 11.8 Å². The molecule has 2 aliphatic heterocycles. The van der Waals surface area contributed by atoms with Crippen molar-refractivity contribution in [1.29, 1.82) is 0 Å². The molecule has 2 rings (SSSR count). The van der Waals surface area contributed by atoms with E-state index < -0.39 is 17.9 Å². The van der Waals surface area contributed by atoms with Gasteiger partial charge in [-0.3, -0.25) is 19.2 Å². The lowest BCUT2D eigenvalue weighted by atomic mass is 9.97. The number of hydrogen-bond acceptors (Lipinski definition) is 5. The number of likely N-dealkylation sites (N-methyl/N-ethyl adjacent to an activating group) is 1. The summed E-state index contributed by atoms with van der Waals surface area (Å²) in [5, 5.41) is 9.00. The monoisotopic (exact) mass is 371 g/mol. The first-order chi connectivity index (χ1) is 11.8. The molecule has 1 N–H and O–H groups in total. The third-order valence-corrected chi connectivity index (χ3v) is 5.75. The van der Waals surface area contributed by atoms with Gasteiger partial charge in [0.2, 0.25) is 17.7 Å². The van der Waals surface area contributed by atoms with Crippen molar-refractivity contribution in [3.8, 4) is 0 Å². The number of carboxylic acids is 1. The summed E-state index contributed by atoms with van der Waals surface area (Å²) in [6.07, 6.45) is 1.24. The van der Waals surface area contributed by atoms with Gasteiger partial charge in [0.25, 0.3) is 0 Å². The Morgan fingerprint density at radius 2 is 1.80 bits per heavy atom. The van der Waals surface area contributed by atoms with Crippen LogP contribution in [0.3, 0.4) is 0 Å². The van der Waals surface area contributed by atoms with Gasteiger partial charge in [0, 0.05) is 32.3 Å². The predicted molar refractivity (Wildman–Crippen MR) is 92.8 cm³/mol. The van der Waals surface area contributed by atoms with E-state index in [0.29, 0.717) is 44.0 Å². The Hall–Kier alpha value is -1.77. The third-order valence-electron chi connectivity index (χ3n) is 4.74. The van der Waals surface area contributed by atoms with Crippen LogP contribution in [0.4, 0.5) is 0 Å². The molecular formula is C16H25N3O5S. The van der Waals surface area contributed by atoms with E-state index in [1.807, 2.05) is 0 Å². The Bertz CT molecular complexity index is 548. The average molecular weight is 371 g/mol. The number of hydrogen-bond donors (Lipinski definition) is 1. The molecule has 1 atom stereocenters. The van der Waals surface area contributed by atoms with E-state index >= 15 is 0 Å². The molecular weight excluding hydrogens is 346 g/mol. The first-order valence-corrected chi connectivity index (χ1v) is 9.63. The first-order valence-electron chi connectivity index (χ1n) is 8.47. The molecule has 1 unspecified atom stereocenters. The summed E-state index contributed by atoms with van der Waals surface area (Å²) in [4.78, 5) is 52.4. The Labute approximate surface area is 151 Å². The minimum atomic E-state index is -0.821. The Kier molecular flexibility index (Phi) is 6.69. The highest BCUT2D eigenvalue weighted by Gasteiger charge is 2.36. The van der Waals surface area contributed by atoms with Crippen molar-refractivity contribution in [3.05, 3.63) is 0 Å². The lowest BCUT2D eigenvalue weighted by molar-refractivity contribution is -0.148. The topological polar surface area (TPSA) is 98.2 Å². The van der Waals surface area contributed by atoms with Gasteiger partial charge < -0.3 is 19.8 Å². The van der Waals surface area contributed by atoms with Crippen LogP contribution in [0.5, 0.6) is 0 Å². The van der Waals surface area contributed by atoms with Gasteiger partial charge in [0.05, 0.1) is 18.3 Å². The van der Waals surface area contributed by atoms with E-state index in [4.69, 9.17) is 5.11 Å². The van der Waals surface area contributed by atoms with E-state index in [2.05, 4.69) is 0 Å². The van der Waals surface area contributed by atoms with Crippen LogP contribution in [-0.2, 0) is 19.2 Å². The number of piperidine rings is 1. The first kappa shape index (κ1) is 19.6. The highest BCUT2D eigenvalue weighted by molar-refractivity contribution is 7.99. The fraction of sp³-hybridized carbons (Fsp3) is 0.750. The highest BCUT2D eigenvalue weighted by atomic mass is 32.2. The molecule has 0 aromatic rings. The molecule has 2 aliphatic rings. The third kappa shape index (κ3) is 4.65. The number of aliphatic carboxylic acids is 1. The van der Waals surface area contributed by atoms with Crippen LogP contribution in [-0.4, -0.2) is 87.9 Å². The summed E-state index contributed by atoms with van der Waals surface area (Å²) in [5.74, 6) is -0.620. The van der Waals surface area contributed by atoms with Gasteiger partial charge in [-0.05, 0) is 12.8 Å². The molecule has 9 heteroatoms. The number of carbonyl (C=O) groups excluding carboxylic acids is 3. The van der Waals surface area contributed by atoms with Gasteiger partial charge in [0.15, 0.2) is 0 Å². The smallest absolute Gasteiger partial charge is 0.306 e. The molecule has 0 aromatic carbocycles. The fourth-order valence-corrected chi connectivity index (χ4v) is 4.28. The van der Waals surface area contributed by atoms with E-state index in [9.17, 15) is 19.2 Å². The van der Waals surface area contributed by atoms with Gasteiger partial charge in [0.1, 0.15) is 6.04 Å². The lowest BCUT2D eigenvalue weighted by Gasteiger charge is -2.32. The Morgan fingerprint density at radius 3 is 2.36 bits per heavy atom. The van der Waals surface area contributed by atoms with E-state index in [1.165, 1.54) is 16.7 Å². The largest absolute Gasteiger partial charge is 0.481 e. The average Bonchev–Trinajstić information content (AvgIpc) is 3.09. The molecule has 2 fully saturated rings. The number of nitrogens with zero attached hydrogens (tertiary/aromatic N) is 3. The number of likely N-dealkylation sites (tertiary alicyclic amines) is 1. The highest BCUT2D eigenvalue weighted by Crippen LogP contribution is 2.23. The van der Waals surface area contributed by atoms with Crippen molar-refractivity contribution in [2.45, 2.75) is 32.2 Å². The maximum Gasteiger partial charge on any atom is 0.306 e. The number of amides is 3. The Balaban J connectivity index is 1.87. The molecule has 2 saturated heterocycles. The second-order valence-corrected chi connectivity index (χ2v) is 7.42. The summed E-state index contributed by atoms with van der Waals surface area (Å²) >= 11 is 1.54. The number of carboxylic acid groups (broad SMARTS) is 1. The fourth-order valence-electron chi connectivity index (χ4n) is 3.11. The minimum Gasteiger partial charge on any atom is -0.481 e. The van der Waals surface area contributed by atoms with Crippen LogP contribution in [0.1, 0.15) is 26.2 Å². The lowest BCUT2D eigenvalue weighted by Crippen LogP contribution is -2.51. The summed E-state index contributed by atoms with van der Waals surface area (Å²) in [6.45, 7) is 2.52. The zero-order chi connectivity index (χ0) is 18.6. The van der Waals surface area contributed by atoms with Crippen LogP contribution in [0, 0.1) is 5.92 Å². The van der Waals surface area contributed by atoms with Crippen LogP contribution < -0.4 is 0 Å². The van der Waals surface area contributed by atoms with E-state index in [-0.39, 0.29) is 24.3 Å². The van der Waals surface area contributed by atoms with Crippen molar-refractivity contribution >= 4 is 35.5 Å². The van der Waals surface area contributed by atoms with Crippen molar-refractivity contribution in [2.75, 3.05) is 38.3 Å². The summed E-state index contributed by atoms with van der Waals surface area (Å²) in [6, 6.07) is -0.506. The number of rotatable bonds is 5. The maximum absolute atomic E-state index is 12.6. The summed E-state index contributed by atoms with van der Waals surface area (Å²) in [7, 11) is 1.57.